The van der Waals surface area contributed by atoms with Crippen molar-refractivity contribution in [3.05, 3.63) is 16.8 Å². The number of aryl methyl sites for hydroxylation is 1. The summed E-state index contributed by atoms with van der Waals surface area (Å²) in [5.74, 6) is 0.820. The van der Waals surface area contributed by atoms with Crippen LogP contribution in [0, 0.1) is 5.41 Å². The molecule has 2 heterocycles. The molecule has 0 amide bonds. The van der Waals surface area contributed by atoms with Crippen molar-refractivity contribution in [3.63, 3.8) is 0 Å². The molecule has 0 radical (unpaired) electrons. The Kier molecular flexibility index (Phi) is 6.19. The lowest BCUT2D eigenvalue weighted by atomic mass is 10.00. The molecule has 5 nitrogen and oxygen atoms in total. The van der Waals surface area contributed by atoms with Gasteiger partial charge in [0.1, 0.15) is 5.82 Å². The van der Waals surface area contributed by atoms with Gasteiger partial charge >= 0.3 is 0 Å². The fourth-order valence-electron chi connectivity index (χ4n) is 3.01. The zero-order valence-corrected chi connectivity index (χ0v) is 14.0. The zero-order valence-electron chi connectivity index (χ0n) is 14.0. The van der Waals surface area contributed by atoms with Crippen molar-refractivity contribution in [2.24, 2.45) is 0 Å². The molecule has 0 saturated carbocycles. The highest BCUT2D eigenvalue weighted by Crippen LogP contribution is 2.30. The summed E-state index contributed by atoms with van der Waals surface area (Å²) < 4.78 is 5.45. The maximum Gasteiger partial charge on any atom is 0.137 e. The number of nitrogens with zero attached hydrogens (tertiary/aromatic N) is 1. The second kappa shape index (κ2) is 8.13. The van der Waals surface area contributed by atoms with Gasteiger partial charge in [-0.15, -0.1) is 0 Å². The summed E-state index contributed by atoms with van der Waals surface area (Å²) in [6, 6.07) is 0.416. The quantitative estimate of drug-likeness (QED) is 0.676. The van der Waals surface area contributed by atoms with Crippen LogP contribution in [0.5, 0.6) is 0 Å². The molecule has 1 saturated heterocycles. The maximum atomic E-state index is 7.85. The first-order valence-electron chi connectivity index (χ1n) is 8.39. The summed E-state index contributed by atoms with van der Waals surface area (Å²) in [5.41, 5.74) is 4.34. The summed E-state index contributed by atoms with van der Waals surface area (Å²) in [5, 5.41) is 14.8. The molecule has 0 aliphatic carbocycles. The van der Waals surface area contributed by atoms with Crippen molar-refractivity contribution in [3.8, 4) is 0 Å². The number of anilines is 2. The van der Waals surface area contributed by atoms with Crippen molar-refractivity contribution in [2.75, 3.05) is 30.4 Å². The fourth-order valence-corrected chi connectivity index (χ4v) is 3.01. The van der Waals surface area contributed by atoms with E-state index in [1.54, 1.807) is 0 Å². The van der Waals surface area contributed by atoms with E-state index in [-0.39, 0.29) is 0 Å². The molecule has 1 aromatic rings. The molecule has 122 valence electrons. The van der Waals surface area contributed by atoms with Crippen molar-refractivity contribution in [1.82, 2.24) is 4.98 Å². The van der Waals surface area contributed by atoms with E-state index in [0.29, 0.717) is 6.04 Å². The second-order valence-corrected chi connectivity index (χ2v) is 5.59. The Balaban J connectivity index is 2.45. The van der Waals surface area contributed by atoms with Gasteiger partial charge in [-0.3, -0.25) is 0 Å². The minimum atomic E-state index is 0.416. The maximum absolute atomic E-state index is 7.85. The Hall–Kier alpha value is -1.62. The number of pyridine rings is 1. The summed E-state index contributed by atoms with van der Waals surface area (Å²) in [6.07, 6.45) is 5.28. The van der Waals surface area contributed by atoms with Crippen LogP contribution >= 0.6 is 0 Å². The van der Waals surface area contributed by atoms with Crippen LogP contribution in [-0.4, -0.2) is 37.0 Å². The standard InChI is InChI=1S/C17H28N4O/c1-4-13-15(5-2)21-17(19-6-3)14(11-18)16(13)20-12-7-9-22-10-8-12/h11-12,18H,4-10H2,1-3H3,(H2,19,20,21). The number of ether oxygens (including phenoxy) is 1. The Morgan fingerprint density at radius 2 is 1.95 bits per heavy atom. The molecule has 1 aliphatic rings. The SMILES string of the molecule is CCNc1nc(CC)c(CC)c(NC2CCOCC2)c1C=N. The molecule has 3 N–H and O–H groups in total. The van der Waals surface area contributed by atoms with Crippen molar-refractivity contribution < 1.29 is 4.74 Å². The molecule has 0 atom stereocenters. The molecule has 0 bridgehead atoms. The topological polar surface area (TPSA) is 70.0 Å². The van der Waals surface area contributed by atoms with E-state index in [9.17, 15) is 0 Å². The van der Waals surface area contributed by atoms with Gasteiger partial charge in [0.15, 0.2) is 0 Å². The van der Waals surface area contributed by atoms with E-state index in [2.05, 4.69) is 31.4 Å². The molecule has 5 heteroatoms. The average Bonchev–Trinajstić information content (AvgIpc) is 2.55. The van der Waals surface area contributed by atoms with E-state index < -0.39 is 0 Å². The first-order chi connectivity index (χ1) is 10.7. The van der Waals surface area contributed by atoms with Gasteiger partial charge in [-0.25, -0.2) is 4.98 Å². The van der Waals surface area contributed by atoms with E-state index in [0.717, 1.165) is 68.2 Å². The van der Waals surface area contributed by atoms with Gasteiger partial charge in [0.25, 0.3) is 0 Å². The van der Waals surface area contributed by atoms with Gasteiger partial charge < -0.3 is 20.8 Å². The predicted octanol–water partition coefficient (Wildman–Crippen LogP) is 3.23. The van der Waals surface area contributed by atoms with Crippen LogP contribution in [0.1, 0.15) is 50.4 Å². The minimum absolute atomic E-state index is 0.416. The predicted molar refractivity (Wildman–Crippen MR) is 92.5 cm³/mol. The number of aromatic nitrogens is 1. The smallest absolute Gasteiger partial charge is 0.137 e. The molecule has 22 heavy (non-hydrogen) atoms. The third-order valence-corrected chi connectivity index (χ3v) is 4.17. The molecule has 1 aromatic heterocycles. The van der Waals surface area contributed by atoms with Crippen molar-refractivity contribution in [1.29, 1.82) is 5.41 Å². The first kappa shape index (κ1) is 16.7. The Morgan fingerprint density at radius 3 is 2.50 bits per heavy atom. The lowest BCUT2D eigenvalue weighted by Gasteiger charge is -2.28. The molecule has 1 aliphatic heterocycles. The molecular weight excluding hydrogens is 276 g/mol. The summed E-state index contributed by atoms with van der Waals surface area (Å²) in [4.78, 5) is 4.75. The lowest BCUT2D eigenvalue weighted by molar-refractivity contribution is 0.0904. The van der Waals surface area contributed by atoms with Gasteiger partial charge in [-0.2, -0.15) is 0 Å². The van der Waals surface area contributed by atoms with Gasteiger partial charge in [-0.05, 0) is 38.2 Å². The third-order valence-electron chi connectivity index (χ3n) is 4.17. The van der Waals surface area contributed by atoms with Crippen LogP contribution in [0.15, 0.2) is 0 Å². The molecular formula is C17H28N4O. The minimum Gasteiger partial charge on any atom is -0.381 e. The average molecular weight is 304 g/mol. The molecule has 0 unspecified atom stereocenters. The van der Waals surface area contributed by atoms with Crippen molar-refractivity contribution >= 4 is 17.7 Å². The highest BCUT2D eigenvalue weighted by molar-refractivity contribution is 5.93. The van der Waals surface area contributed by atoms with E-state index in [4.69, 9.17) is 15.1 Å². The van der Waals surface area contributed by atoms with E-state index in [1.807, 2.05) is 0 Å². The van der Waals surface area contributed by atoms with Crippen LogP contribution in [0.2, 0.25) is 0 Å². The van der Waals surface area contributed by atoms with Gasteiger partial charge in [-0.1, -0.05) is 13.8 Å². The van der Waals surface area contributed by atoms with Gasteiger partial charge in [0.2, 0.25) is 0 Å². The number of rotatable bonds is 7. The monoisotopic (exact) mass is 304 g/mol. The number of nitrogens with one attached hydrogen (secondary N) is 3. The lowest BCUT2D eigenvalue weighted by Crippen LogP contribution is -2.29. The highest BCUT2D eigenvalue weighted by Gasteiger charge is 2.20. The molecule has 1 fully saturated rings. The summed E-state index contributed by atoms with van der Waals surface area (Å²) in [7, 11) is 0. The van der Waals surface area contributed by atoms with Gasteiger partial charge in [0, 0.05) is 37.7 Å². The number of hydrogen-bond acceptors (Lipinski definition) is 5. The summed E-state index contributed by atoms with van der Waals surface area (Å²) in [6.45, 7) is 8.78. The van der Waals surface area contributed by atoms with Gasteiger partial charge in [0.05, 0.1) is 11.3 Å². The molecule has 2 rings (SSSR count). The van der Waals surface area contributed by atoms with Crippen LogP contribution < -0.4 is 10.6 Å². The summed E-state index contributed by atoms with van der Waals surface area (Å²) >= 11 is 0. The Labute approximate surface area is 133 Å². The molecule has 0 spiro atoms. The van der Waals surface area contributed by atoms with E-state index in [1.165, 1.54) is 11.8 Å². The van der Waals surface area contributed by atoms with Crippen LogP contribution in [0.4, 0.5) is 11.5 Å². The fraction of sp³-hybridized carbons (Fsp3) is 0.647. The zero-order chi connectivity index (χ0) is 15.9. The number of hydrogen-bond donors (Lipinski definition) is 3. The largest absolute Gasteiger partial charge is 0.381 e. The normalized spacial score (nSPS) is 15.6. The van der Waals surface area contributed by atoms with Crippen LogP contribution in [0.3, 0.4) is 0 Å². The second-order valence-electron chi connectivity index (χ2n) is 5.59. The molecule has 0 aromatic carbocycles. The Bertz CT molecular complexity index is 510. The van der Waals surface area contributed by atoms with E-state index >= 15 is 0 Å². The first-order valence-corrected chi connectivity index (χ1v) is 8.39. The highest BCUT2D eigenvalue weighted by atomic mass is 16.5. The Morgan fingerprint density at radius 1 is 1.23 bits per heavy atom. The van der Waals surface area contributed by atoms with Crippen LogP contribution in [-0.2, 0) is 17.6 Å². The van der Waals surface area contributed by atoms with Crippen molar-refractivity contribution in [2.45, 2.75) is 52.5 Å². The van der Waals surface area contributed by atoms with Crippen LogP contribution in [0.25, 0.3) is 0 Å². The third kappa shape index (κ3) is 3.58.